The van der Waals surface area contributed by atoms with Crippen molar-refractivity contribution in [2.24, 2.45) is 0 Å². The van der Waals surface area contributed by atoms with Gasteiger partial charge in [-0.2, -0.15) is 0 Å². The molecule has 0 saturated carbocycles. The van der Waals surface area contributed by atoms with Gasteiger partial charge in [0.15, 0.2) is 5.76 Å². The number of ether oxygens (including phenoxy) is 1. The fraction of sp³-hybridized carbons (Fsp3) is 0.444. The van der Waals surface area contributed by atoms with Gasteiger partial charge in [-0.3, -0.25) is 0 Å². The van der Waals surface area contributed by atoms with Gasteiger partial charge in [-0.1, -0.05) is 24.9 Å². The molecule has 1 rings (SSSR count). The van der Waals surface area contributed by atoms with E-state index >= 15 is 0 Å². The highest BCUT2D eigenvalue weighted by atomic mass is 79.9. The van der Waals surface area contributed by atoms with Crippen LogP contribution < -0.4 is 0 Å². The van der Waals surface area contributed by atoms with Crippen molar-refractivity contribution in [3.05, 3.63) is 21.3 Å². The zero-order valence-corrected chi connectivity index (χ0v) is 9.93. The first kappa shape index (κ1) is 11.8. The maximum atomic E-state index is 11.3. The zero-order chi connectivity index (χ0) is 10.7. The molecule has 0 aromatic carbocycles. The van der Waals surface area contributed by atoms with Gasteiger partial charge >= 0.3 is 5.97 Å². The summed E-state index contributed by atoms with van der Waals surface area (Å²) in [5.41, 5.74) is 1.41. The Labute approximate surface area is 95.5 Å². The maximum Gasteiger partial charge on any atom is 0.343 e. The van der Waals surface area contributed by atoms with Crippen LogP contribution in [0.2, 0.25) is 0 Å². The highest BCUT2D eigenvalue weighted by Gasteiger charge is 2.32. The molecule has 0 fully saturated rings. The van der Waals surface area contributed by atoms with Gasteiger partial charge in [0.05, 0.1) is 16.2 Å². The molecule has 5 heteroatoms. The van der Waals surface area contributed by atoms with E-state index in [1.807, 2.05) is 6.92 Å². The third-order valence-corrected chi connectivity index (χ3v) is 2.89. The van der Waals surface area contributed by atoms with Gasteiger partial charge in [-0.05, 0) is 22.4 Å². The number of rotatable bonds is 3. The van der Waals surface area contributed by atoms with Crippen molar-refractivity contribution in [1.82, 2.24) is 0 Å². The molecule has 1 heterocycles. The lowest BCUT2D eigenvalue weighted by Crippen LogP contribution is -2.15. The Hall–Kier alpha value is -0.320. The number of esters is 1. The van der Waals surface area contributed by atoms with Gasteiger partial charge in [0.1, 0.15) is 0 Å². The van der Waals surface area contributed by atoms with Crippen LogP contribution >= 0.6 is 27.5 Å². The number of carbonyl (C=O) groups is 1. The summed E-state index contributed by atoms with van der Waals surface area (Å²) in [4.78, 5) is 11.3. The average Bonchev–Trinajstić information content (AvgIpc) is 2.41. The Balaban J connectivity index is 2.95. The molecule has 0 aromatic rings. The Morgan fingerprint density at radius 1 is 1.71 bits per heavy atom. The van der Waals surface area contributed by atoms with Crippen LogP contribution in [0.5, 0.6) is 0 Å². The second-order valence-corrected chi connectivity index (χ2v) is 3.91. The van der Waals surface area contributed by atoms with E-state index in [2.05, 4.69) is 15.9 Å². The predicted molar refractivity (Wildman–Crippen MR) is 56.9 cm³/mol. The van der Waals surface area contributed by atoms with Crippen molar-refractivity contribution in [2.45, 2.75) is 25.9 Å². The summed E-state index contributed by atoms with van der Waals surface area (Å²) in [6, 6.07) is 0. The molecule has 78 valence electrons. The zero-order valence-electron chi connectivity index (χ0n) is 7.59. The summed E-state index contributed by atoms with van der Waals surface area (Å²) < 4.78 is 5.26. The van der Waals surface area contributed by atoms with E-state index in [-0.39, 0.29) is 11.3 Å². The molecule has 0 radical (unpaired) electrons. The van der Waals surface area contributed by atoms with Crippen LogP contribution in [0.1, 0.15) is 19.8 Å². The summed E-state index contributed by atoms with van der Waals surface area (Å²) in [6.07, 6.45) is 0.517. The average molecular weight is 282 g/mol. The lowest BCUT2D eigenvalue weighted by molar-refractivity contribution is -0.134. The largest absolute Gasteiger partial charge is 0.421 e. The molecule has 1 atom stereocenters. The number of hydrogen-bond acceptors (Lipinski definition) is 3. The molecule has 3 nitrogen and oxygen atoms in total. The van der Waals surface area contributed by atoms with Gasteiger partial charge in [0, 0.05) is 5.54 Å². The smallest absolute Gasteiger partial charge is 0.343 e. The van der Waals surface area contributed by atoms with Crippen LogP contribution in [-0.2, 0) is 9.53 Å². The van der Waals surface area contributed by atoms with Crippen molar-refractivity contribution in [3.8, 4) is 0 Å². The Kier molecular flexibility index (Phi) is 4.16. The minimum absolute atomic E-state index is 0.249. The quantitative estimate of drug-likeness (QED) is 0.808. The predicted octanol–water partition coefficient (Wildman–Crippen LogP) is 2.43. The molecule has 1 aliphatic rings. The van der Waals surface area contributed by atoms with E-state index in [0.717, 1.165) is 12.0 Å². The van der Waals surface area contributed by atoms with Crippen LogP contribution in [0.15, 0.2) is 21.3 Å². The molecule has 0 spiro atoms. The molecule has 0 bridgehead atoms. The fourth-order valence-corrected chi connectivity index (χ4v) is 2.10. The first-order valence-electron chi connectivity index (χ1n) is 4.22. The third kappa shape index (κ3) is 2.19. The fourth-order valence-electron chi connectivity index (χ4n) is 1.19. The molecule has 1 aliphatic heterocycles. The van der Waals surface area contributed by atoms with Crippen LogP contribution in [0, 0.1) is 0 Å². The van der Waals surface area contributed by atoms with Gasteiger partial charge in [0.2, 0.25) is 0 Å². The SMILES string of the molecule is CCCC(O)C1=C(Br)/C(=C/Cl)OC1=O. The second-order valence-electron chi connectivity index (χ2n) is 2.90. The summed E-state index contributed by atoms with van der Waals surface area (Å²) in [5.74, 6) is -0.286. The minimum Gasteiger partial charge on any atom is -0.421 e. The van der Waals surface area contributed by atoms with Gasteiger partial charge in [0.25, 0.3) is 0 Å². The van der Waals surface area contributed by atoms with Crippen molar-refractivity contribution < 1.29 is 14.6 Å². The molecule has 0 aliphatic carbocycles. The van der Waals surface area contributed by atoms with Gasteiger partial charge in [-0.15, -0.1) is 0 Å². The summed E-state index contributed by atoms with van der Waals surface area (Å²) >= 11 is 8.59. The normalized spacial score (nSPS) is 21.7. The number of carbonyl (C=O) groups excluding carboxylic acids is 1. The van der Waals surface area contributed by atoms with Crippen molar-refractivity contribution in [1.29, 1.82) is 0 Å². The number of cyclic esters (lactones) is 1. The Bertz CT molecular complexity index is 309. The number of halogens is 2. The van der Waals surface area contributed by atoms with E-state index in [1.54, 1.807) is 0 Å². The lowest BCUT2D eigenvalue weighted by Gasteiger charge is -2.07. The number of allylic oxidation sites excluding steroid dienone is 1. The molecule has 1 N–H and O–H groups in total. The first-order chi connectivity index (χ1) is 6.61. The van der Waals surface area contributed by atoms with Crippen molar-refractivity contribution >= 4 is 33.5 Å². The topological polar surface area (TPSA) is 46.5 Å². The molecular weight excluding hydrogens is 271 g/mol. The molecule has 1 unspecified atom stereocenters. The summed E-state index contributed by atoms with van der Waals surface area (Å²) in [6.45, 7) is 1.93. The lowest BCUT2D eigenvalue weighted by atomic mass is 10.1. The van der Waals surface area contributed by atoms with Crippen LogP contribution in [0.4, 0.5) is 0 Å². The summed E-state index contributed by atoms with van der Waals surface area (Å²) in [5, 5.41) is 9.64. The molecule has 0 amide bonds. The Morgan fingerprint density at radius 3 is 2.79 bits per heavy atom. The van der Waals surface area contributed by atoms with E-state index in [4.69, 9.17) is 16.3 Å². The number of aliphatic hydroxyl groups excluding tert-OH is 1. The van der Waals surface area contributed by atoms with Crippen LogP contribution in [0.25, 0.3) is 0 Å². The van der Waals surface area contributed by atoms with Gasteiger partial charge in [-0.25, -0.2) is 4.79 Å². The standard InChI is InChI=1S/C9H10BrClO3/c1-2-3-5(12)7-8(10)6(4-11)14-9(7)13/h4-5,12H,2-3H2,1H3/b6-4-. The highest BCUT2D eigenvalue weighted by Crippen LogP contribution is 2.34. The highest BCUT2D eigenvalue weighted by molar-refractivity contribution is 9.12. The van der Waals surface area contributed by atoms with Crippen molar-refractivity contribution in [2.75, 3.05) is 0 Å². The summed E-state index contributed by atoms with van der Waals surface area (Å²) in [7, 11) is 0. The van der Waals surface area contributed by atoms with E-state index in [9.17, 15) is 9.90 Å². The minimum atomic E-state index is -0.795. The van der Waals surface area contributed by atoms with E-state index < -0.39 is 12.1 Å². The maximum absolute atomic E-state index is 11.3. The third-order valence-electron chi connectivity index (χ3n) is 1.87. The van der Waals surface area contributed by atoms with E-state index in [1.165, 1.54) is 0 Å². The molecule has 0 aromatic heterocycles. The Morgan fingerprint density at radius 2 is 2.36 bits per heavy atom. The van der Waals surface area contributed by atoms with Crippen LogP contribution in [-0.4, -0.2) is 17.2 Å². The molecule has 14 heavy (non-hydrogen) atoms. The van der Waals surface area contributed by atoms with Gasteiger partial charge < -0.3 is 9.84 Å². The second kappa shape index (κ2) is 4.96. The molecule has 0 saturated heterocycles. The van der Waals surface area contributed by atoms with Crippen LogP contribution in [0.3, 0.4) is 0 Å². The van der Waals surface area contributed by atoms with E-state index in [0.29, 0.717) is 10.9 Å². The monoisotopic (exact) mass is 280 g/mol. The van der Waals surface area contributed by atoms with Crippen molar-refractivity contribution in [3.63, 3.8) is 0 Å². The first-order valence-corrected chi connectivity index (χ1v) is 5.45. The molecular formula is C9H10BrClO3. The number of aliphatic hydroxyl groups is 1. The number of hydrogen-bond donors (Lipinski definition) is 1.